The minimum atomic E-state index is -4.61. The Morgan fingerprint density at radius 3 is 2.67 bits per heavy atom. The van der Waals surface area contributed by atoms with E-state index in [0.717, 1.165) is 18.2 Å². The molecule has 0 atom stereocenters. The molecule has 140 valence electrons. The van der Waals surface area contributed by atoms with Gasteiger partial charge in [-0.15, -0.1) is 0 Å². The van der Waals surface area contributed by atoms with Crippen molar-refractivity contribution in [2.24, 2.45) is 0 Å². The van der Waals surface area contributed by atoms with Gasteiger partial charge in [0.15, 0.2) is 0 Å². The molecule has 2 aromatic heterocycles. The monoisotopic (exact) mass is 396 g/mol. The molecule has 0 unspecified atom stereocenters. The predicted molar refractivity (Wildman–Crippen MR) is 93.8 cm³/mol. The first-order valence-corrected chi connectivity index (χ1v) is 8.16. The summed E-state index contributed by atoms with van der Waals surface area (Å²) in [6.45, 7) is 1.64. The summed E-state index contributed by atoms with van der Waals surface area (Å²) in [6, 6.07) is 5.36. The van der Waals surface area contributed by atoms with Gasteiger partial charge in [0.05, 0.1) is 28.8 Å². The normalized spacial score (nSPS) is 11.6. The van der Waals surface area contributed by atoms with Crippen molar-refractivity contribution in [1.29, 1.82) is 0 Å². The van der Waals surface area contributed by atoms with Crippen molar-refractivity contribution in [2.45, 2.75) is 13.1 Å². The average molecular weight is 397 g/mol. The van der Waals surface area contributed by atoms with Crippen LogP contribution >= 0.6 is 11.6 Å². The van der Waals surface area contributed by atoms with Gasteiger partial charge in [-0.3, -0.25) is 9.78 Å². The molecule has 5 nitrogen and oxygen atoms in total. The molecule has 0 aliphatic carbocycles. The lowest BCUT2D eigenvalue weighted by molar-refractivity contribution is -0.137. The number of carbonyl (C=O) groups is 1. The number of esters is 1. The molecule has 0 spiro atoms. The number of H-pyrrole nitrogens is 1. The fourth-order valence-corrected chi connectivity index (χ4v) is 2.85. The van der Waals surface area contributed by atoms with Crippen LogP contribution in [-0.4, -0.2) is 22.5 Å². The Balaban J connectivity index is 2.41. The lowest BCUT2D eigenvalue weighted by Gasteiger charge is -2.15. The third-order valence-corrected chi connectivity index (χ3v) is 4.14. The first-order valence-electron chi connectivity index (χ1n) is 7.78. The van der Waals surface area contributed by atoms with Crippen LogP contribution in [-0.2, 0) is 10.9 Å². The molecule has 0 amide bonds. The van der Waals surface area contributed by atoms with Gasteiger partial charge in [0, 0.05) is 28.4 Å². The third-order valence-electron chi connectivity index (χ3n) is 3.81. The highest BCUT2D eigenvalue weighted by Crippen LogP contribution is 2.39. The number of pyridine rings is 2. The van der Waals surface area contributed by atoms with E-state index in [4.69, 9.17) is 16.3 Å². The van der Waals surface area contributed by atoms with Crippen LogP contribution in [0.5, 0.6) is 0 Å². The topological polar surface area (TPSA) is 72.0 Å². The molecular formula is C18H12ClF3N2O3. The number of benzene rings is 1. The van der Waals surface area contributed by atoms with E-state index in [2.05, 4.69) is 9.97 Å². The van der Waals surface area contributed by atoms with Crippen LogP contribution in [0.15, 0.2) is 41.3 Å². The summed E-state index contributed by atoms with van der Waals surface area (Å²) in [5.74, 6) is -0.792. The van der Waals surface area contributed by atoms with Gasteiger partial charge >= 0.3 is 12.1 Å². The highest BCUT2D eigenvalue weighted by Gasteiger charge is 2.32. The number of nitrogens with one attached hydrogen (secondary N) is 1. The second-order valence-electron chi connectivity index (χ2n) is 5.54. The summed E-state index contributed by atoms with van der Waals surface area (Å²) < 4.78 is 44.5. The largest absolute Gasteiger partial charge is 0.462 e. The molecule has 0 bridgehead atoms. The molecule has 27 heavy (non-hydrogen) atoms. The highest BCUT2D eigenvalue weighted by atomic mass is 35.5. The quantitative estimate of drug-likeness (QED) is 0.664. The number of aromatic nitrogens is 2. The van der Waals surface area contributed by atoms with E-state index in [1.165, 1.54) is 18.3 Å². The summed E-state index contributed by atoms with van der Waals surface area (Å²) in [6.07, 6.45) is -3.43. The number of rotatable bonds is 3. The third kappa shape index (κ3) is 3.66. The maximum Gasteiger partial charge on any atom is 0.416 e. The van der Waals surface area contributed by atoms with Gasteiger partial charge in [-0.05, 0) is 31.2 Å². The number of hydrogen-bond acceptors (Lipinski definition) is 4. The van der Waals surface area contributed by atoms with Crippen molar-refractivity contribution in [3.05, 3.63) is 63.0 Å². The van der Waals surface area contributed by atoms with Crippen LogP contribution < -0.4 is 5.56 Å². The average Bonchev–Trinajstić information content (AvgIpc) is 2.60. The second-order valence-corrected chi connectivity index (χ2v) is 5.95. The molecule has 0 fully saturated rings. The molecule has 1 N–H and O–H groups in total. The van der Waals surface area contributed by atoms with Gasteiger partial charge in [-0.25, -0.2) is 4.79 Å². The van der Waals surface area contributed by atoms with Gasteiger partial charge < -0.3 is 9.72 Å². The van der Waals surface area contributed by atoms with E-state index in [9.17, 15) is 22.8 Å². The van der Waals surface area contributed by atoms with Crippen molar-refractivity contribution >= 4 is 28.6 Å². The first kappa shape index (κ1) is 18.9. The van der Waals surface area contributed by atoms with E-state index in [-0.39, 0.29) is 39.4 Å². The molecule has 3 rings (SSSR count). The van der Waals surface area contributed by atoms with Crippen LogP contribution in [0.4, 0.5) is 13.2 Å². The van der Waals surface area contributed by atoms with Crippen LogP contribution in [0, 0.1) is 0 Å². The van der Waals surface area contributed by atoms with Crippen molar-refractivity contribution in [3.63, 3.8) is 0 Å². The standard InChI is InChI=1S/C18H12ClF3N2O3/c1-2-27-17(26)11-8-23-13-5-6-14(25)24-16(13)15(11)10-7-9(18(20,21)22)3-4-12(10)19/h3-8H,2H2,1H3,(H,24,25). The summed E-state index contributed by atoms with van der Waals surface area (Å²) in [4.78, 5) is 30.7. The summed E-state index contributed by atoms with van der Waals surface area (Å²) in [5, 5.41) is -0.0225. The van der Waals surface area contributed by atoms with Crippen LogP contribution in [0.25, 0.3) is 22.2 Å². The number of aromatic amines is 1. The van der Waals surface area contributed by atoms with Gasteiger partial charge in [0.25, 0.3) is 0 Å². The predicted octanol–water partition coefficient (Wildman–Crippen LogP) is 4.44. The SMILES string of the molecule is CCOC(=O)c1cnc2ccc(=O)[nH]c2c1-c1cc(C(F)(F)F)ccc1Cl. The van der Waals surface area contributed by atoms with Crippen LogP contribution in [0.1, 0.15) is 22.8 Å². The zero-order valence-electron chi connectivity index (χ0n) is 13.9. The molecular weight excluding hydrogens is 385 g/mol. The Morgan fingerprint density at radius 2 is 2.00 bits per heavy atom. The van der Waals surface area contributed by atoms with Crippen LogP contribution in [0.3, 0.4) is 0 Å². The summed E-state index contributed by atoms with van der Waals surface area (Å²) in [5.41, 5.74) is -1.22. The minimum absolute atomic E-state index is 0.0206. The maximum atomic E-state index is 13.2. The number of hydrogen-bond donors (Lipinski definition) is 1. The van der Waals surface area contributed by atoms with Crippen molar-refractivity contribution in [1.82, 2.24) is 9.97 Å². The molecule has 0 saturated heterocycles. The molecule has 9 heteroatoms. The first-order chi connectivity index (χ1) is 12.7. The summed E-state index contributed by atoms with van der Waals surface area (Å²) in [7, 11) is 0. The Hall–Kier alpha value is -2.87. The fourth-order valence-electron chi connectivity index (χ4n) is 2.63. The van der Waals surface area contributed by atoms with E-state index >= 15 is 0 Å². The Morgan fingerprint density at radius 1 is 1.26 bits per heavy atom. The zero-order chi connectivity index (χ0) is 19.8. The highest BCUT2D eigenvalue weighted by molar-refractivity contribution is 6.34. The van der Waals surface area contributed by atoms with E-state index < -0.39 is 23.3 Å². The van der Waals surface area contributed by atoms with Crippen molar-refractivity contribution in [2.75, 3.05) is 6.61 Å². The Labute approximate surface area is 155 Å². The van der Waals surface area contributed by atoms with E-state index in [0.29, 0.717) is 0 Å². The minimum Gasteiger partial charge on any atom is -0.462 e. The number of fused-ring (bicyclic) bond motifs is 1. The number of nitrogens with zero attached hydrogens (tertiary/aromatic N) is 1. The van der Waals surface area contributed by atoms with Gasteiger partial charge in [-0.1, -0.05) is 11.6 Å². The number of ether oxygens (including phenoxy) is 1. The Bertz CT molecular complexity index is 1090. The lowest BCUT2D eigenvalue weighted by atomic mass is 9.97. The second kappa shape index (κ2) is 7.03. The lowest BCUT2D eigenvalue weighted by Crippen LogP contribution is -2.11. The van der Waals surface area contributed by atoms with Gasteiger partial charge in [0.2, 0.25) is 5.56 Å². The van der Waals surface area contributed by atoms with Crippen molar-refractivity contribution < 1.29 is 22.7 Å². The van der Waals surface area contributed by atoms with Gasteiger partial charge in [-0.2, -0.15) is 13.2 Å². The maximum absolute atomic E-state index is 13.2. The van der Waals surface area contributed by atoms with Crippen molar-refractivity contribution in [3.8, 4) is 11.1 Å². The number of carbonyl (C=O) groups excluding carboxylic acids is 1. The Kier molecular flexibility index (Phi) is 4.93. The number of alkyl halides is 3. The smallest absolute Gasteiger partial charge is 0.416 e. The van der Waals surface area contributed by atoms with E-state index in [1.807, 2.05) is 0 Å². The fraction of sp³-hybridized carbons (Fsp3) is 0.167. The van der Waals surface area contributed by atoms with E-state index in [1.54, 1.807) is 6.92 Å². The molecule has 0 aliphatic rings. The molecule has 3 aromatic rings. The molecule has 2 heterocycles. The van der Waals surface area contributed by atoms with Gasteiger partial charge in [0.1, 0.15) is 0 Å². The molecule has 0 saturated carbocycles. The van der Waals surface area contributed by atoms with Crippen LogP contribution in [0.2, 0.25) is 5.02 Å². The molecule has 0 aliphatic heterocycles. The zero-order valence-corrected chi connectivity index (χ0v) is 14.6. The molecule has 1 aromatic carbocycles. The summed E-state index contributed by atoms with van der Waals surface area (Å²) >= 11 is 6.14. The number of halogens is 4. The molecule has 0 radical (unpaired) electrons.